The summed E-state index contributed by atoms with van der Waals surface area (Å²) in [5.41, 5.74) is 2.72. The van der Waals surface area contributed by atoms with Gasteiger partial charge in [-0.05, 0) is 30.0 Å². The molecule has 0 aromatic heterocycles. The molecule has 1 unspecified atom stereocenters. The predicted octanol–water partition coefficient (Wildman–Crippen LogP) is 3.61. The van der Waals surface area contributed by atoms with E-state index in [1.807, 2.05) is 17.8 Å². The van der Waals surface area contributed by atoms with Gasteiger partial charge in [-0.3, -0.25) is 0 Å². The molecule has 0 saturated heterocycles. The molecule has 0 amide bonds. The Morgan fingerprint density at radius 3 is 2.44 bits per heavy atom. The summed E-state index contributed by atoms with van der Waals surface area (Å²) in [6.07, 6.45) is 1.81. The van der Waals surface area contributed by atoms with E-state index >= 15 is 0 Å². The zero-order valence-corrected chi connectivity index (χ0v) is 11.0. The molecule has 2 aromatic carbocycles. The van der Waals surface area contributed by atoms with Crippen LogP contribution < -0.4 is 0 Å². The lowest BCUT2D eigenvalue weighted by molar-refractivity contribution is 0.268. The van der Waals surface area contributed by atoms with Gasteiger partial charge >= 0.3 is 0 Å². The lowest BCUT2D eigenvalue weighted by atomic mass is 9.89. The van der Waals surface area contributed by atoms with E-state index in [0.717, 1.165) is 12.8 Å². The van der Waals surface area contributed by atoms with E-state index in [1.165, 1.54) is 16.0 Å². The minimum absolute atomic E-state index is 0.0136. The average Bonchev–Trinajstić information content (AvgIpc) is 2.79. The maximum atomic E-state index is 9.42. The van der Waals surface area contributed by atoms with Gasteiger partial charge in [-0.1, -0.05) is 48.5 Å². The van der Waals surface area contributed by atoms with Crippen molar-refractivity contribution in [3.05, 3.63) is 65.7 Å². The molecule has 0 aliphatic carbocycles. The van der Waals surface area contributed by atoms with E-state index in [9.17, 15) is 5.11 Å². The van der Waals surface area contributed by atoms with Crippen LogP contribution in [0.25, 0.3) is 0 Å². The summed E-state index contributed by atoms with van der Waals surface area (Å²) in [7, 11) is 0. The standard InChI is InChI=1S/C16H16OS/c17-11-10-16(14-7-2-1-3-8-14)12-13-6-4-5-9-15(13)18-16/h1-9,17H,10-12H2. The highest BCUT2D eigenvalue weighted by Gasteiger charge is 2.38. The van der Waals surface area contributed by atoms with Gasteiger partial charge in [0.2, 0.25) is 0 Å². The highest BCUT2D eigenvalue weighted by atomic mass is 32.2. The zero-order chi connectivity index (χ0) is 12.4. The lowest BCUT2D eigenvalue weighted by Crippen LogP contribution is -2.22. The molecule has 1 N–H and O–H groups in total. The first-order valence-corrected chi connectivity index (χ1v) is 7.09. The predicted molar refractivity (Wildman–Crippen MR) is 75.8 cm³/mol. The summed E-state index contributed by atoms with van der Waals surface area (Å²) in [5.74, 6) is 0. The largest absolute Gasteiger partial charge is 0.396 e. The third kappa shape index (κ3) is 1.96. The minimum atomic E-state index is 0.0136. The van der Waals surface area contributed by atoms with E-state index in [4.69, 9.17) is 0 Å². The van der Waals surface area contributed by atoms with Crippen molar-refractivity contribution in [2.75, 3.05) is 6.61 Å². The highest BCUT2D eigenvalue weighted by Crippen LogP contribution is 2.53. The first kappa shape index (κ1) is 11.8. The fraction of sp³-hybridized carbons (Fsp3) is 0.250. The third-order valence-electron chi connectivity index (χ3n) is 3.57. The van der Waals surface area contributed by atoms with Crippen molar-refractivity contribution in [1.82, 2.24) is 0 Å². The van der Waals surface area contributed by atoms with Crippen LogP contribution in [0, 0.1) is 0 Å². The highest BCUT2D eigenvalue weighted by molar-refractivity contribution is 8.00. The molecule has 1 aliphatic rings. The number of hydrogen-bond donors (Lipinski definition) is 1. The topological polar surface area (TPSA) is 20.2 Å². The number of thioether (sulfide) groups is 1. The molecular formula is C16H16OS. The summed E-state index contributed by atoms with van der Waals surface area (Å²) in [6, 6.07) is 19.1. The van der Waals surface area contributed by atoms with Gasteiger partial charge in [0.1, 0.15) is 0 Å². The van der Waals surface area contributed by atoms with Crippen LogP contribution in [0.5, 0.6) is 0 Å². The van der Waals surface area contributed by atoms with E-state index < -0.39 is 0 Å². The molecule has 18 heavy (non-hydrogen) atoms. The Labute approximate surface area is 112 Å². The van der Waals surface area contributed by atoms with Gasteiger partial charge in [-0.25, -0.2) is 0 Å². The molecule has 1 aliphatic heterocycles. The van der Waals surface area contributed by atoms with E-state index in [-0.39, 0.29) is 11.4 Å². The summed E-state index contributed by atoms with van der Waals surface area (Å²) in [4.78, 5) is 1.36. The first-order valence-electron chi connectivity index (χ1n) is 6.27. The Hall–Kier alpha value is -1.25. The number of aliphatic hydroxyl groups excluding tert-OH is 1. The lowest BCUT2D eigenvalue weighted by Gasteiger charge is -2.28. The van der Waals surface area contributed by atoms with Crippen molar-refractivity contribution in [3.8, 4) is 0 Å². The maximum Gasteiger partial charge on any atom is 0.0517 e. The molecule has 0 bridgehead atoms. The van der Waals surface area contributed by atoms with Gasteiger partial charge in [0.05, 0.1) is 4.75 Å². The van der Waals surface area contributed by atoms with Crippen LogP contribution in [0.3, 0.4) is 0 Å². The Bertz CT molecular complexity index is 511. The fourth-order valence-corrected chi connectivity index (χ4v) is 4.18. The van der Waals surface area contributed by atoms with Crippen molar-refractivity contribution in [2.24, 2.45) is 0 Å². The van der Waals surface area contributed by atoms with Gasteiger partial charge in [-0.15, -0.1) is 11.8 Å². The molecule has 0 saturated carbocycles. The molecule has 0 fully saturated rings. The molecule has 2 heteroatoms. The number of hydrogen-bond acceptors (Lipinski definition) is 2. The van der Waals surface area contributed by atoms with E-state index in [1.54, 1.807) is 0 Å². The molecule has 92 valence electrons. The first-order chi connectivity index (χ1) is 8.84. The van der Waals surface area contributed by atoms with E-state index in [2.05, 4.69) is 48.5 Å². The van der Waals surface area contributed by atoms with Crippen LogP contribution in [0.15, 0.2) is 59.5 Å². The maximum absolute atomic E-state index is 9.42. The second-order valence-corrected chi connectivity index (χ2v) is 6.15. The quantitative estimate of drug-likeness (QED) is 0.905. The number of rotatable bonds is 3. The van der Waals surface area contributed by atoms with Gasteiger partial charge in [0.15, 0.2) is 0 Å². The summed E-state index contributed by atoms with van der Waals surface area (Å²) < 4.78 is 0.0136. The van der Waals surface area contributed by atoms with Crippen molar-refractivity contribution in [3.63, 3.8) is 0 Å². The van der Waals surface area contributed by atoms with Gasteiger partial charge in [0.25, 0.3) is 0 Å². The second kappa shape index (κ2) is 4.79. The Kier molecular flexibility index (Phi) is 3.14. The molecule has 1 atom stereocenters. The smallest absolute Gasteiger partial charge is 0.0517 e. The molecule has 0 radical (unpaired) electrons. The van der Waals surface area contributed by atoms with Gasteiger partial charge in [-0.2, -0.15) is 0 Å². The molecular weight excluding hydrogens is 240 g/mol. The Morgan fingerprint density at radius 2 is 1.72 bits per heavy atom. The zero-order valence-electron chi connectivity index (χ0n) is 10.2. The summed E-state index contributed by atoms with van der Waals surface area (Å²) >= 11 is 1.90. The van der Waals surface area contributed by atoms with Crippen LogP contribution in [0.2, 0.25) is 0 Å². The molecule has 3 rings (SSSR count). The minimum Gasteiger partial charge on any atom is -0.396 e. The van der Waals surface area contributed by atoms with Crippen LogP contribution in [-0.4, -0.2) is 11.7 Å². The van der Waals surface area contributed by atoms with Crippen LogP contribution in [-0.2, 0) is 11.2 Å². The monoisotopic (exact) mass is 256 g/mol. The fourth-order valence-electron chi connectivity index (χ4n) is 2.67. The molecule has 0 spiro atoms. The number of fused-ring (bicyclic) bond motifs is 1. The van der Waals surface area contributed by atoms with Crippen LogP contribution in [0.4, 0.5) is 0 Å². The Balaban J connectivity index is 2.02. The molecule has 1 heterocycles. The molecule has 1 nitrogen and oxygen atoms in total. The molecule has 2 aromatic rings. The number of aliphatic hydroxyl groups is 1. The Morgan fingerprint density at radius 1 is 1.00 bits per heavy atom. The van der Waals surface area contributed by atoms with Gasteiger partial charge in [0, 0.05) is 11.5 Å². The summed E-state index contributed by atoms with van der Waals surface area (Å²) in [5, 5.41) is 9.42. The van der Waals surface area contributed by atoms with Crippen molar-refractivity contribution < 1.29 is 5.11 Å². The van der Waals surface area contributed by atoms with Crippen LogP contribution >= 0.6 is 11.8 Å². The second-order valence-electron chi connectivity index (χ2n) is 4.72. The van der Waals surface area contributed by atoms with Crippen LogP contribution in [0.1, 0.15) is 17.5 Å². The number of benzene rings is 2. The van der Waals surface area contributed by atoms with Crippen molar-refractivity contribution in [2.45, 2.75) is 22.5 Å². The normalized spacial score (nSPS) is 21.8. The van der Waals surface area contributed by atoms with Gasteiger partial charge < -0.3 is 5.11 Å². The average molecular weight is 256 g/mol. The van der Waals surface area contributed by atoms with Crippen molar-refractivity contribution in [1.29, 1.82) is 0 Å². The van der Waals surface area contributed by atoms with E-state index in [0.29, 0.717) is 0 Å². The summed E-state index contributed by atoms with van der Waals surface area (Å²) in [6.45, 7) is 0.232. The third-order valence-corrected chi connectivity index (χ3v) is 5.16. The van der Waals surface area contributed by atoms with Crippen molar-refractivity contribution >= 4 is 11.8 Å². The SMILES string of the molecule is OCCC1(c2ccccc2)Cc2ccccc2S1.